The molecule has 0 aliphatic carbocycles. The smallest absolute Gasteiger partial charge is 0.410 e. The molecule has 1 aromatic rings. The maximum absolute atomic E-state index is 12.3. The summed E-state index contributed by atoms with van der Waals surface area (Å²) in [7, 11) is 1.87. The van der Waals surface area contributed by atoms with Gasteiger partial charge in [0.05, 0.1) is 6.54 Å². The highest BCUT2D eigenvalue weighted by Crippen LogP contribution is 2.21. The van der Waals surface area contributed by atoms with Crippen LogP contribution < -0.4 is 5.32 Å². The lowest BCUT2D eigenvalue weighted by molar-refractivity contribution is -0.125. The van der Waals surface area contributed by atoms with Crippen LogP contribution in [-0.4, -0.2) is 44.6 Å². The minimum Gasteiger partial charge on any atom is -0.444 e. The third kappa shape index (κ3) is 3.99. The lowest BCUT2D eigenvalue weighted by Gasteiger charge is -2.28. The minimum absolute atomic E-state index is 0.161. The first-order chi connectivity index (χ1) is 10.3. The van der Waals surface area contributed by atoms with Crippen LogP contribution in [0.25, 0.3) is 0 Å². The Labute approximate surface area is 130 Å². The van der Waals surface area contributed by atoms with Crippen LogP contribution in [0.5, 0.6) is 0 Å². The average molecular weight is 308 g/mol. The van der Waals surface area contributed by atoms with Crippen molar-refractivity contribution in [3.63, 3.8) is 0 Å². The van der Waals surface area contributed by atoms with Crippen molar-refractivity contribution in [2.75, 3.05) is 6.54 Å². The van der Waals surface area contributed by atoms with Gasteiger partial charge in [-0.15, -0.1) is 0 Å². The molecule has 2 heterocycles. The molecule has 22 heavy (non-hydrogen) atoms. The molecule has 1 unspecified atom stereocenters. The minimum atomic E-state index is -0.562. The highest BCUT2D eigenvalue weighted by molar-refractivity contribution is 5.86. The topological polar surface area (TPSA) is 76.5 Å². The second-order valence-corrected chi connectivity index (χ2v) is 6.50. The van der Waals surface area contributed by atoms with E-state index in [-0.39, 0.29) is 5.91 Å². The lowest BCUT2D eigenvalue weighted by Crippen LogP contribution is -2.47. The van der Waals surface area contributed by atoms with Gasteiger partial charge in [0.25, 0.3) is 0 Å². The van der Waals surface area contributed by atoms with E-state index in [1.807, 2.05) is 38.6 Å². The zero-order chi connectivity index (χ0) is 16.3. The third-order valence-electron chi connectivity index (χ3n) is 3.53. The van der Waals surface area contributed by atoms with Crippen LogP contribution >= 0.6 is 0 Å². The van der Waals surface area contributed by atoms with E-state index in [2.05, 4.69) is 10.3 Å². The van der Waals surface area contributed by atoms with E-state index in [4.69, 9.17) is 4.74 Å². The van der Waals surface area contributed by atoms with Gasteiger partial charge in [-0.05, 0) is 33.6 Å². The van der Waals surface area contributed by atoms with Gasteiger partial charge >= 0.3 is 6.09 Å². The van der Waals surface area contributed by atoms with Crippen molar-refractivity contribution in [1.82, 2.24) is 19.8 Å². The molecule has 0 radical (unpaired) electrons. The van der Waals surface area contributed by atoms with Crippen LogP contribution in [0.15, 0.2) is 12.4 Å². The molecule has 0 saturated carbocycles. The molecule has 7 nitrogen and oxygen atoms in total. The summed E-state index contributed by atoms with van der Waals surface area (Å²) in [5, 5.41) is 2.84. The van der Waals surface area contributed by atoms with E-state index in [0.717, 1.165) is 12.2 Å². The van der Waals surface area contributed by atoms with Gasteiger partial charge in [-0.3, -0.25) is 9.69 Å². The molecule has 1 aliphatic rings. The van der Waals surface area contributed by atoms with E-state index in [0.29, 0.717) is 19.5 Å². The van der Waals surface area contributed by atoms with E-state index < -0.39 is 17.7 Å². The fourth-order valence-electron chi connectivity index (χ4n) is 2.43. The average Bonchev–Trinajstić information content (AvgIpc) is 3.02. The molecule has 0 aromatic carbocycles. The molecular weight excluding hydrogens is 284 g/mol. The van der Waals surface area contributed by atoms with Crippen molar-refractivity contribution in [2.24, 2.45) is 7.05 Å². The number of aryl methyl sites for hydroxylation is 1. The summed E-state index contributed by atoms with van der Waals surface area (Å²) in [6, 6.07) is -0.463. The summed E-state index contributed by atoms with van der Waals surface area (Å²) in [6.07, 6.45) is 4.54. The Morgan fingerprint density at radius 2 is 2.18 bits per heavy atom. The van der Waals surface area contributed by atoms with Gasteiger partial charge in [-0.1, -0.05) is 0 Å². The van der Waals surface area contributed by atoms with E-state index in [9.17, 15) is 9.59 Å². The molecule has 0 spiro atoms. The van der Waals surface area contributed by atoms with Crippen molar-refractivity contribution in [3.8, 4) is 0 Å². The van der Waals surface area contributed by atoms with E-state index in [1.54, 1.807) is 6.20 Å². The quantitative estimate of drug-likeness (QED) is 0.916. The number of nitrogens with one attached hydrogen (secondary N) is 1. The van der Waals surface area contributed by atoms with Gasteiger partial charge in [0.15, 0.2) is 0 Å². The number of amides is 2. The Morgan fingerprint density at radius 1 is 1.45 bits per heavy atom. The highest BCUT2D eigenvalue weighted by Gasteiger charge is 2.36. The summed E-state index contributed by atoms with van der Waals surface area (Å²) in [5.41, 5.74) is -0.562. The number of likely N-dealkylation sites (tertiary alicyclic amines) is 1. The number of aromatic nitrogens is 2. The standard InChI is InChI=1S/C15H24N4O3/c1-15(2,3)22-14(21)19-8-5-6-11(19)13(20)17-10-12-16-7-9-18(12)4/h7,9,11H,5-6,8,10H2,1-4H3,(H,17,20). The zero-order valence-corrected chi connectivity index (χ0v) is 13.6. The Morgan fingerprint density at radius 3 is 2.77 bits per heavy atom. The molecule has 1 N–H and O–H groups in total. The first kappa shape index (κ1) is 16.3. The summed E-state index contributed by atoms with van der Waals surface area (Å²) < 4.78 is 7.21. The molecule has 1 atom stereocenters. The predicted molar refractivity (Wildman–Crippen MR) is 81.0 cm³/mol. The number of carbonyl (C=O) groups is 2. The number of carbonyl (C=O) groups excluding carboxylic acids is 2. The first-order valence-corrected chi connectivity index (χ1v) is 7.51. The summed E-state index contributed by atoms with van der Waals surface area (Å²) in [4.78, 5) is 30.2. The van der Waals surface area contributed by atoms with Gasteiger partial charge in [-0.2, -0.15) is 0 Å². The molecule has 1 aliphatic heterocycles. The molecular formula is C15H24N4O3. The lowest BCUT2D eigenvalue weighted by atomic mass is 10.2. The number of hydrogen-bond donors (Lipinski definition) is 1. The highest BCUT2D eigenvalue weighted by atomic mass is 16.6. The van der Waals surface area contributed by atoms with Crippen molar-refractivity contribution in [3.05, 3.63) is 18.2 Å². The molecule has 2 amide bonds. The number of rotatable bonds is 3. The van der Waals surface area contributed by atoms with Gasteiger partial charge < -0.3 is 14.6 Å². The molecule has 0 bridgehead atoms. The van der Waals surface area contributed by atoms with Gasteiger partial charge in [0.2, 0.25) is 5.91 Å². The van der Waals surface area contributed by atoms with Crippen LogP contribution in [0.1, 0.15) is 39.4 Å². The van der Waals surface area contributed by atoms with E-state index in [1.165, 1.54) is 4.90 Å². The summed E-state index contributed by atoms with van der Waals surface area (Å²) in [5.74, 6) is 0.613. The van der Waals surface area contributed by atoms with Gasteiger partial charge in [-0.25, -0.2) is 9.78 Å². The van der Waals surface area contributed by atoms with Crippen LogP contribution in [0.3, 0.4) is 0 Å². The Balaban J connectivity index is 1.93. The summed E-state index contributed by atoms with van der Waals surface area (Å²) in [6.45, 7) is 6.35. The number of hydrogen-bond acceptors (Lipinski definition) is 4. The van der Waals surface area contributed by atoms with Crippen LogP contribution in [-0.2, 0) is 23.1 Å². The molecule has 7 heteroatoms. The summed E-state index contributed by atoms with van der Waals surface area (Å²) >= 11 is 0. The zero-order valence-electron chi connectivity index (χ0n) is 13.6. The maximum atomic E-state index is 12.3. The first-order valence-electron chi connectivity index (χ1n) is 7.51. The Kier molecular flexibility index (Phi) is 4.73. The largest absolute Gasteiger partial charge is 0.444 e. The number of nitrogens with zero attached hydrogens (tertiary/aromatic N) is 3. The molecule has 1 aromatic heterocycles. The predicted octanol–water partition coefficient (Wildman–Crippen LogP) is 1.44. The monoisotopic (exact) mass is 308 g/mol. The number of imidazole rings is 1. The second kappa shape index (κ2) is 6.37. The third-order valence-corrected chi connectivity index (χ3v) is 3.53. The SMILES string of the molecule is Cn1ccnc1CNC(=O)C1CCCN1C(=O)OC(C)(C)C. The van der Waals surface area contributed by atoms with Crippen molar-refractivity contribution in [2.45, 2.75) is 51.8 Å². The fraction of sp³-hybridized carbons (Fsp3) is 0.667. The molecule has 2 rings (SSSR count). The Hall–Kier alpha value is -2.05. The second-order valence-electron chi connectivity index (χ2n) is 6.50. The van der Waals surface area contributed by atoms with Crippen LogP contribution in [0, 0.1) is 0 Å². The van der Waals surface area contributed by atoms with Crippen molar-refractivity contribution >= 4 is 12.0 Å². The van der Waals surface area contributed by atoms with Gasteiger partial charge in [0, 0.05) is 26.0 Å². The Bertz CT molecular complexity index is 547. The molecule has 1 saturated heterocycles. The van der Waals surface area contributed by atoms with E-state index >= 15 is 0 Å². The molecule has 122 valence electrons. The van der Waals surface area contributed by atoms with Crippen LogP contribution in [0.2, 0.25) is 0 Å². The van der Waals surface area contributed by atoms with Gasteiger partial charge in [0.1, 0.15) is 17.5 Å². The van der Waals surface area contributed by atoms with Crippen molar-refractivity contribution < 1.29 is 14.3 Å². The molecule has 1 fully saturated rings. The van der Waals surface area contributed by atoms with Crippen LogP contribution in [0.4, 0.5) is 4.79 Å². The van der Waals surface area contributed by atoms with Crippen molar-refractivity contribution in [1.29, 1.82) is 0 Å². The maximum Gasteiger partial charge on any atom is 0.410 e. The normalized spacial score (nSPS) is 18.4. The fourth-order valence-corrected chi connectivity index (χ4v) is 2.43. The number of ether oxygens (including phenoxy) is 1.